The summed E-state index contributed by atoms with van der Waals surface area (Å²) in [6, 6.07) is 8.10. The number of carbonyl (C=O) groups is 2. The Morgan fingerprint density at radius 2 is 1.97 bits per heavy atom. The fraction of sp³-hybridized carbons (Fsp3) is 0.462. The monoisotopic (exact) mass is 525 g/mol. The molecule has 202 valence electrons. The standard InChI is InChI=1S/C26H31F4N3O4/c1-33-16-24(35)32-22(23(34)15-31-14-17-5-4-6-19(9-17)26(28,29)30)12-18-10-20(27)13-21(11-18)37-8-3-2-7-25(33)36/h4-6,9-11,13,22-23,31,34H,2-3,7-8,12,14-16H2,1H3,(H,32,35)/t22-,23+/m0/s1. The molecule has 7 nitrogen and oxygen atoms in total. The van der Waals surface area contributed by atoms with E-state index in [1.165, 1.54) is 36.2 Å². The number of likely N-dealkylation sites (N-methyl/N-ethyl adjacent to an activating group) is 1. The summed E-state index contributed by atoms with van der Waals surface area (Å²) in [7, 11) is 1.51. The first-order chi connectivity index (χ1) is 17.5. The molecule has 1 heterocycles. The molecule has 0 fully saturated rings. The zero-order valence-corrected chi connectivity index (χ0v) is 20.5. The molecule has 3 rings (SSSR count). The molecule has 0 saturated carbocycles. The molecule has 1 aliphatic rings. The Hall–Kier alpha value is -3.18. The lowest BCUT2D eigenvalue weighted by molar-refractivity contribution is -0.137. The largest absolute Gasteiger partial charge is 0.493 e. The maximum absolute atomic E-state index is 14.2. The van der Waals surface area contributed by atoms with Crippen LogP contribution in [0, 0.1) is 5.82 Å². The second-order valence-corrected chi connectivity index (χ2v) is 9.13. The first kappa shape index (κ1) is 28.4. The molecule has 2 amide bonds. The highest BCUT2D eigenvalue weighted by atomic mass is 19.4. The normalized spacial score (nSPS) is 18.9. The maximum atomic E-state index is 14.2. The predicted molar refractivity (Wildman–Crippen MR) is 128 cm³/mol. The summed E-state index contributed by atoms with van der Waals surface area (Å²) >= 11 is 0. The predicted octanol–water partition coefficient (Wildman–Crippen LogP) is 3.04. The second-order valence-electron chi connectivity index (χ2n) is 9.13. The quantitative estimate of drug-likeness (QED) is 0.523. The number of carbonyl (C=O) groups excluding carboxylic acids is 2. The van der Waals surface area contributed by atoms with Crippen molar-refractivity contribution in [2.24, 2.45) is 0 Å². The van der Waals surface area contributed by atoms with Crippen LogP contribution in [0.25, 0.3) is 0 Å². The molecular weight excluding hydrogens is 494 g/mol. The minimum Gasteiger partial charge on any atom is -0.493 e. The molecule has 0 spiro atoms. The highest BCUT2D eigenvalue weighted by Gasteiger charge is 2.30. The van der Waals surface area contributed by atoms with Gasteiger partial charge < -0.3 is 25.4 Å². The first-order valence-electron chi connectivity index (χ1n) is 12.0. The first-order valence-corrected chi connectivity index (χ1v) is 12.0. The number of aliphatic hydroxyl groups is 1. The van der Waals surface area contributed by atoms with E-state index in [1.54, 1.807) is 6.07 Å². The molecule has 37 heavy (non-hydrogen) atoms. The number of fused-ring (bicyclic) bond motifs is 2. The van der Waals surface area contributed by atoms with Gasteiger partial charge in [0.15, 0.2) is 0 Å². The van der Waals surface area contributed by atoms with Gasteiger partial charge in [0, 0.05) is 32.6 Å². The summed E-state index contributed by atoms with van der Waals surface area (Å²) in [5.74, 6) is -0.943. The van der Waals surface area contributed by atoms with E-state index < -0.39 is 35.6 Å². The van der Waals surface area contributed by atoms with Crippen LogP contribution in [0.4, 0.5) is 17.6 Å². The number of alkyl halides is 3. The zero-order valence-electron chi connectivity index (χ0n) is 20.5. The fourth-order valence-corrected chi connectivity index (χ4v) is 4.04. The third kappa shape index (κ3) is 9.01. The van der Waals surface area contributed by atoms with E-state index in [-0.39, 0.29) is 38.4 Å². The Bertz CT molecular complexity index is 1080. The van der Waals surface area contributed by atoms with Crippen LogP contribution in [0.1, 0.15) is 36.0 Å². The summed E-state index contributed by atoms with van der Waals surface area (Å²) < 4.78 is 58.7. The van der Waals surface area contributed by atoms with Crippen molar-refractivity contribution in [1.29, 1.82) is 0 Å². The molecule has 0 aliphatic carbocycles. The number of benzene rings is 2. The van der Waals surface area contributed by atoms with Crippen LogP contribution in [0.2, 0.25) is 0 Å². The van der Waals surface area contributed by atoms with E-state index in [4.69, 9.17) is 4.74 Å². The number of hydrogen-bond donors (Lipinski definition) is 3. The Morgan fingerprint density at radius 1 is 1.19 bits per heavy atom. The van der Waals surface area contributed by atoms with Crippen LogP contribution in [-0.2, 0) is 28.7 Å². The van der Waals surface area contributed by atoms with Crippen LogP contribution < -0.4 is 15.4 Å². The van der Waals surface area contributed by atoms with Gasteiger partial charge in [-0.05, 0) is 48.6 Å². The van der Waals surface area contributed by atoms with E-state index in [1.807, 2.05) is 0 Å². The summed E-state index contributed by atoms with van der Waals surface area (Å²) in [4.78, 5) is 26.3. The van der Waals surface area contributed by atoms with E-state index in [2.05, 4.69) is 10.6 Å². The lowest BCUT2D eigenvalue weighted by Crippen LogP contribution is -2.51. The number of hydrogen-bond acceptors (Lipinski definition) is 5. The number of aliphatic hydroxyl groups excluding tert-OH is 1. The van der Waals surface area contributed by atoms with Crippen molar-refractivity contribution in [3.8, 4) is 5.75 Å². The molecule has 0 saturated heterocycles. The molecule has 3 N–H and O–H groups in total. The molecule has 0 radical (unpaired) electrons. The van der Waals surface area contributed by atoms with Gasteiger partial charge in [0.25, 0.3) is 0 Å². The second kappa shape index (κ2) is 12.9. The number of amides is 2. The van der Waals surface area contributed by atoms with Crippen LogP contribution in [0.5, 0.6) is 5.75 Å². The SMILES string of the molecule is CN1CC(=O)N[C@H]([C@H](O)CNCc2cccc(C(F)(F)F)c2)Cc2cc(F)cc(c2)OCCCCC1=O. The third-order valence-corrected chi connectivity index (χ3v) is 5.99. The van der Waals surface area contributed by atoms with Crippen LogP contribution in [0.3, 0.4) is 0 Å². The van der Waals surface area contributed by atoms with Crippen molar-refractivity contribution in [3.63, 3.8) is 0 Å². The zero-order chi connectivity index (χ0) is 27.0. The van der Waals surface area contributed by atoms with Crippen molar-refractivity contribution in [2.75, 3.05) is 26.7 Å². The number of nitrogens with one attached hydrogen (secondary N) is 2. The molecule has 11 heteroatoms. The van der Waals surface area contributed by atoms with E-state index in [9.17, 15) is 32.3 Å². The summed E-state index contributed by atoms with van der Waals surface area (Å²) in [5.41, 5.74) is 0.0842. The molecule has 1 aliphatic heterocycles. The van der Waals surface area contributed by atoms with E-state index in [0.29, 0.717) is 36.3 Å². The number of ether oxygens (including phenoxy) is 1. The highest BCUT2D eigenvalue weighted by Crippen LogP contribution is 2.29. The molecular formula is C26H31F4N3O4. The average molecular weight is 526 g/mol. The number of rotatable bonds is 5. The van der Waals surface area contributed by atoms with Crippen molar-refractivity contribution in [1.82, 2.24) is 15.5 Å². The van der Waals surface area contributed by atoms with Gasteiger partial charge in [0.2, 0.25) is 11.8 Å². The Kier molecular flexibility index (Phi) is 9.87. The van der Waals surface area contributed by atoms with E-state index >= 15 is 0 Å². The van der Waals surface area contributed by atoms with Gasteiger partial charge in [-0.3, -0.25) is 9.59 Å². The summed E-state index contributed by atoms with van der Waals surface area (Å²) in [5, 5.41) is 16.5. The lowest BCUT2D eigenvalue weighted by atomic mass is 10.00. The smallest absolute Gasteiger partial charge is 0.416 e. The van der Waals surface area contributed by atoms with Crippen LogP contribution >= 0.6 is 0 Å². The molecule has 2 bridgehead atoms. The third-order valence-electron chi connectivity index (χ3n) is 5.99. The molecule has 2 aromatic rings. The van der Waals surface area contributed by atoms with Gasteiger partial charge in [-0.1, -0.05) is 18.2 Å². The minimum absolute atomic E-state index is 0.0524. The van der Waals surface area contributed by atoms with Gasteiger partial charge in [-0.2, -0.15) is 13.2 Å². The highest BCUT2D eigenvalue weighted by molar-refractivity contribution is 5.84. The Balaban J connectivity index is 1.73. The molecule has 2 atom stereocenters. The molecule has 0 unspecified atom stereocenters. The lowest BCUT2D eigenvalue weighted by Gasteiger charge is -2.26. The molecule has 2 aromatic carbocycles. The van der Waals surface area contributed by atoms with E-state index in [0.717, 1.165) is 12.1 Å². The molecule has 0 aromatic heterocycles. The van der Waals surface area contributed by atoms with Crippen molar-refractivity contribution < 1.29 is 37.0 Å². The summed E-state index contributed by atoms with van der Waals surface area (Å²) in [6.45, 7) is 0.0681. The van der Waals surface area contributed by atoms with Crippen molar-refractivity contribution >= 4 is 11.8 Å². The van der Waals surface area contributed by atoms with Crippen molar-refractivity contribution in [2.45, 2.75) is 50.6 Å². The maximum Gasteiger partial charge on any atom is 0.416 e. The van der Waals surface area contributed by atoms with Gasteiger partial charge in [-0.25, -0.2) is 4.39 Å². The van der Waals surface area contributed by atoms with Gasteiger partial charge in [0.1, 0.15) is 11.6 Å². The van der Waals surface area contributed by atoms with Crippen molar-refractivity contribution in [3.05, 3.63) is 65.0 Å². The fourth-order valence-electron chi connectivity index (χ4n) is 4.04. The van der Waals surface area contributed by atoms with Crippen LogP contribution in [-0.4, -0.2) is 60.7 Å². The van der Waals surface area contributed by atoms with Gasteiger partial charge >= 0.3 is 6.18 Å². The van der Waals surface area contributed by atoms with Gasteiger partial charge in [-0.15, -0.1) is 0 Å². The number of nitrogens with zero attached hydrogens (tertiary/aromatic N) is 1. The topological polar surface area (TPSA) is 90.9 Å². The number of halogens is 4. The average Bonchev–Trinajstić information content (AvgIpc) is 2.82. The van der Waals surface area contributed by atoms with Gasteiger partial charge in [0.05, 0.1) is 30.9 Å². The Morgan fingerprint density at radius 3 is 2.73 bits per heavy atom. The Labute approximate surface area is 212 Å². The van der Waals surface area contributed by atoms with Crippen LogP contribution in [0.15, 0.2) is 42.5 Å². The summed E-state index contributed by atoms with van der Waals surface area (Å²) in [6.07, 6.45) is -4.22. The minimum atomic E-state index is -4.47.